The third-order valence-electron chi connectivity index (χ3n) is 10.0. The lowest BCUT2D eigenvalue weighted by Crippen LogP contribution is -2.55. The summed E-state index contributed by atoms with van der Waals surface area (Å²) < 4.78 is 25.5. The number of halogens is 2. The molecular weight excluding hydrogens is 863 g/mol. The lowest BCUT2D eigenvalue weighted by atomic mass is 9.98. The molecule has 0 heterocycles. The van der Waals surface area contributed by atoms with Crippen molar-refractivity contribution in [3.63, 3.8) is 0 Å². The number of benzene rings is 4. The third kappa shape index (κ3) is 14.3. The third-order valence-corrected chi connectivity index (χ3v) is 10.0. The van der Waals surface area contributed by atoms with Gasteiger partial charge in [0, 0.05) is 11.8 Å². The molecule has 0 aromatic heterocycles. The lowest BCUT2D eigenvalue weighted by molar-refractivity contribution is -0.144. The number of carbonyl (C=O) groups excluding carboxylic acids is 5. The van der Waals surface area contributed by atoms with Gasteiger partial charge in [0.25, 0.3) is 0 Å². The number of amides is 3. The minimum atomic E-state index is -1.15. The van der Waals surface area contributed by atoms with E-state index in [9.17, 15) is 24.0 Å². The minimum absolute atomic E-state index is 0. The van der Waals surface area contributed by atoms with Crippen LogP contribution in [0.2, 0.25) is 0 Å². The zero-order valence-electron chi connectivity index (χ0n) is 35.1. The van der Waals surface area contributed by atoms with Crippen LogP contribution in [-0.4, -0.2) is 87.4 Å². The van der Waals surface area contributed by atoms with E-state index in [1.807, 2.05) is 60.7 Å². The Morgan fingerprint density at radius 1 is 0.547 bits per heavy atom. The Hall–Kier alpha value is -5.83. The summed E-state index contributed by atoms with van der Waals surface area (Å²) in [6.07, 6.45) is -2.11. The molecule has 0 unspecified atom stereocenters. The van der Waals surface area contributed by atoms with Crippen LogP contribution in [0.25, 0.3) is 22.3 Å². The van der Waals surface area contributed by atoms with Gasteiger partial charge in [-0.05, 0) is 79.1 Å². The first-order valence-electron chi connectivity index (χ1n) is 19.3. The van der Waals surface area contributed by atoms with Crippen molar-refractivity contribution >= 4 is 55.0 Å². The number of hydrogen-bond donors (Lipinski definition) is 4. The lowest BCUT2D eigenvalue weighted by Gasteiger charge is -2.26. The summed E-state index contributed by atoms with van der Waals surface area (Å²) in [5.41, 5.74) is 14.0. The van der Waals surface area contributed by atoms with Gasteiger partial charge in [-0.25, -0.2) is 19.2 Å². The molecule has 3 amide bonds. The summed E-state index contributed by atoms with van der Waals surface area (Å²) in [6.45, 7) is 8.66. The first-order valence-corrected chi connectivity index (χ1v) is 19.3. The van der Waals surface area contributed by atoms with Gasteiger partial charge in [-0.1, -0.05) is 119 Å². The van der Waals surface area contributed by atoms with Crippen LogP contribution in [0.15, 0.2) is 97.1 Å². The Morgan fingerprint density at radius 2 is 0.875 bits per heavy atom. The number of hydrogen-bond acceptors (Lipinski definition) is 11. The molecule has 352 valence electrons. The first kappa shape index (κ1) is 58.2. The van der Waals surface area contributed by atoms with Crippen molar-refractivity contribution in [2.24, 2.45) is 5.73 Å². The maximum atomic E-state index is 12.5. The summed E-state index contributed by atoms with van der Waals surface area (Å²) in [5, 5.41) is 7.63. The van der Waals surface area contributed by atoms with Crippen molar-refractivity contribution in [2.45, 2.75) is 98.5 Å². The fraction of sp³-hybridized carbons (Fsp3) is 0.396. The van der Waals surface area contributed by atoms with Crippen LogP contribution in [0.4, 0.5) is 14.4 Å². The summed E-state index contributed by atoms with van der Waals surface area (Å²) in [5.74, 6) is -1.41. The number of rotatable bonds is 11. The van der Waals surface area contributed by atoms with Crippen LogP contribution < -0.4 is 21.7 Å². The summed E-state index contributed by atoms with van der Waals surface area (Å²) in [4.78, 5) is 60.4. The predicted octanol–water partition coefficient (Wildman–Crippen LogP) is 9.15. The number of alkyl carbamates (subject to hydrolysis) is 3. The maximum absolute atomic E-state index is 12.5. The van der Waals surface area contributed by atoms with Gasteiger partial charge in [-0.2, -0.15) is 0 Å². The Labute approximate surface area is 390 Å². The number of nitrogens with one attached hydrogen (secondary N) is 3. The molecule has 2 aliphatic carbocycles. The van der Waals surface area contributed by atoms with E-state index in [-0.39, 0.29) is 72.1 Å². The van der Waals surface area contributed by atoms with E-state index >= 15 is 0 Å². The SMILES string of the molecule is C.C.C.COC(=O)[C@@H](N)[C@@H](C)NC(=O)OCC1c2ccccc2-c2ccccc21.COC(=O)[C@@H](NC(=O)OC(C)(C)C)[C@@H](C)NC(=O)OCC1c2ccccc2-c2ccccc21.Cl.Cl. The molecule has 0 bridgehead atoms. The van der Waals surface area contributed by atoms with Crippen LogP contribution in [0.1, 0.15) is 91.0 Å². The molecule has 4 aromatic rings. The van der Waals surface area contributed by atoms with E-state index < -0.39 is 60.0 Å². The van der Waals surface area contributed by atoms with Crippen LogP contribution in [-0.2, 0) is 33.3 Å². The highest BCUT2D eigenvalue weighted by molar-refractivity contribution is 5.86. The smallest absolute Gasteiger partial charge is 0.408 e. The normalized spacial score (nSPS) is 13.4. The van der Waals surface area contributed by atoms with Crippen LogP contribution in [0.5, 0.6) is 0 Å². The summed E-state index contributed by atoms with van der Waals surface area (Å²) in [7, 11) is 2.45. The Balaban J connectivity index is 0.00000118. The monoisotopic (exact) mass is 928 g/mol. The van der Waals surface area contributed by atoms with Crippen molar-refractivity contribution < 1.29 is 47.7 Å². The minimum Gasteiger partial charge on any atom is -0.468 e. The average Bonchev–Trinajstić information content (AvgIpc) is 3.72. The molecule has 4 atom stereocenters. The molecular formula is C48H66Cl2N4O10. The van der Waals surface area contributed by atoms with E-state index in [0.29, 0.717) is 0 Å². The molecule has 0 saturated carbocycles. The van der Waals surface area contributed by atoms with Crippen molar-refractivity contribution in [1.29, 1.82) is 0 Å². The molecule has 14 nitrogen and oxygen atoms in total. The fourth-order valence-corrected chi connectivity index (χ4v) is 7.11. The van der Waals surface area contributed by atoms with E-state index in [0.717, 1.165) is 44.5 Å². The first-order chi connectivity index (χ1) is 28.1. The molecule has 2 aliphatic rings. The van der Waals surface area contributed by atoms with Crippen LogP contribution >= 0.6 is 24.8 Å². The van der Waals surface area contributed by atoms with Gasteiger partial charge in [0.15, 0.2) is 0 Å². The van der Waals surface area contributed by atoms with Gasteiger partial charge < -0.3 is 45.4 Å². The second-order valence-corrected chi connectivity index (χ2v) is 15.2. The molecule has 6 rings (SSSR count). The topological polar surface area (TPSA) is 194 Å². The highest BCUT2D eigenvalue weighted by Gasteiger charge is 2.34. The molecule has 4 aromatic carbocycles. The van der Waals surface area contributed by atoms with Gasteiger partial charge >= 0.3 is 30.2 Å². The van der Waals surface area contributed by atoms with Crippen molar-refractivity contribution in [1.82, 2.24) is 16.0 Å². The number of ether oxygens (including phenoxy) is 5. The summed E-state index contributed by atoms with van der Waals surface area (Å²) >= 11 is 0. The molecule has 0 saturated heterocycles. The Kier molecular flexibility index (Phi) is 23.7. The van der Waals surface area contributed by atoms with Crippen molar-refractivity contribution in [3.8, 4) is 22.3 Å². The van der Waals surface area contributed by atoms with Gasteiger partial charge in [0.2, 0.25) is 0 Å². The van der Waals surface area contributed by atoms with E-state index in [2.05, 4.69) is 57.1 Å². The highest BCUT2D eigenvalue weighted by atomic mass is 35.5. The van der Waals surface area contributed by atoms with Crippen LogP contribution in [0, 0.1) is 0 Å². The molecule has 5 N–H and O–H groups in total. The second kappa shape index (κ2) is 26.1. The molecule has 0 spiro atoms. The van der Waals surface area contributed by atoms with Gasteiger partial charge in [0.05, 0.1) is 26.3 Å². The molecule has 16 heteroatoms. The zero-order valence-corrected chi connectivity index (χ0v) is 36.7. The Morgan fingerprint density at radius 3 is 1.20 bits per heavy atom. The molecule has 0 radical (unpaired) electrons. The van der Waals surface area contributed by atoms with Crippen molar-refractivity contribution in [2.75, 3.05) is 27.4 Å². The molecule has 0 aliphatic heterocycles. The number of methoxy groups -OCH3 is 2. The molecule has 0 fully saturated rings. The quantitative estimate of drug-likeness (QED) is 0.0828. The number of esters is 2. The average molecular weight is 930 g/mol. The van der Waals surface area contributed by atoms with Crippen molar-refractivity contribution in [3.05, 3.63) is 119 Å². The number of fused-ring (bicyclic) bond motifs is 6. The zero-order chi connectivity index (χ0) is 42.9. The fourth-order valence-electron chi connectivity index (χ4n) is 7.11. The number of nitrogens with two attached hydrogens (primary N) is 1. The van der Waals surface area contributed by atoms with Gasteiger partial charge in [-0.3, -0.25) is 4.79 Å². The van der Waals surface area contributed by atoms with E-state index in [4.69, 9.17) is 24.7 Å². The molecule has 64 heavy (non-hydrogen) atoms. The van der Waals surface area contributed by atoms with Crippen LogP contribution in [0.3, 0.4) is 0 Å². The summed E-state index contributed by atoms with van der Waals surface area (Å²) in [6, 6.07) is 28.8. The highest BCUT2D eigenvalue weighted by Crippen LogP contribution is 2.45. The number of carbonyl (C=O) groups is 5. The van der Waals surface area contributed by atoms with E-state index in [1.165, 1.54) is 14.2 Å². The Bertz CT molecular complexity index is 2070. The van der Waals surface area contributed by atoms with E-state index in [1.54, 1.807) is 34.6 Å². The van der Waals surface area contributed by atoms with Gasteiger partial charge in [-0.15, -0.1) is 24.8 Å². The second-order valence-electron chi connectivity index (χ2n) is 15.2. The standard InChI is InChI=1S/C25H30N2O6.C20H22N2O4.3CH4.2ClH/c1-15(21(22(28)31-5)27-24(30)33-25(2,3)4)26-23(29)32-14-20-18-12-8-6-10-16(18)17-11-7-9-13-19(17)20;1-12(18(21)19(23)25-2)22-20(24)26-11-17-15-9-5-3-7-13(15)14-8-4-6-10-16(14)17;;;;;/h6-13,15,20-21H,14H2,1-5H3,(H,26,29)(H,27,30);3-10,12,17-18H,11,21H2,1-2H3,(H,22,24);3*1H4;2*1H/t15-,21+;12-,18+;;;;;/m11...../s1. The predicted molar refractivity (Wildman–Crippen MR) is 255 cm³/mol. The maximum Gasteiger partial charge on any atom is 0.408 e. The largest absolute Gasteiger partial charge is 0.468 e. The van der Waals surface area contributed by atoms with Gasteiger partial charge in [0.1, 0.15) is 30.9 Å².